The maximum Gasteiger partial charge on any atom is 0.273 e. The van der Waals surface area contributed by atoms with E-state index in [0.29, 0.717) is 23.0 Å². The minimum absolute atomic E-state index is 0.151. The van der Waals surface area contributed by atoms with Crippen molar-refractivity contribution in [3.05, 3.63) is 34.4 Å². The van der Waals surface area contributed by atoms with Crippen molar-refractivity contribution in [3.8, 4) is 0 Å². The molecule has 0 N–H and O–H groups in total. The van der Waals surface area contributed by atoms with E-state index in [4.69, 9.17) is 11.6 Å². The summed E-state index contributed by atoms with van der Waals surface area (Å²) in [5.41, 5.74) is 2.05. The molecule has 6 nitrogen and oxygen atoms in total. The van der Waals surface area contributed by atoms with Crippen LogP contribution in [0.4, 0.5) is 0 Å². The van der Waals surface area contributed by atoms with E-state index in [0.717, 1.165) is 12.1 Å². The van der Waals surface area contributed by atoms with E-state index in [1.165, 1.54) is 4.68 Å². The second-order valence-corrected chi connectivity index (χ2v) is 5.12. The first-order chi connectivity index (χ1) is 9.43. The van der Waals surface area contributed by atoms with Crippen LogP contribution in [0.3, 0.4) is 0 Å². The highest BCUT2D eigenvalue weighted by atomic mass is 35.5. The fraction of sp³-hybridized carbons (Fsp3) is 0.462. The fourth-order valence-electron chi connectivity index (χ4n) is 2.05. The Bertz CT molecular complexity index is 631. The van der Waals surface area contributed by atoms with Crippen molar-refractivity contribution in [3.63, 3.8) is 0 Å². The molecule has 0 aliphatic carbocycles. The lowest BCUT2D eigenvalue weighted by Gasteiger charge is -2.16. The number of aryl methyl sites for hydroxylation is 3. The van der Waals surface area contributed by atoms with Gasteiger partial charge in [0, 0.05) is 38.9 Å². The Hall–Kier alpha value is -1.82. The molecule has 0 saturated heterocycles. The summed E-state index contributed by atoms with van der Waals surface area (Å²) in [5.74, 6) is -0.151. The number of carbonyl (C=O) groups excluding carboxylic acids is 1. The molecule has 0 fully saturated rings. The summed E-state index contributed by atoms with van der Waals surface area (Å²) in [6, 6.07) is 0. The molecule has 0 unspecified atom stereocenters. The van der Waals surface area contributed by atoms with E-state index in [2.05, 4.69) is 10.2 Å². The highest BCUT2D eigenvalue weighted by Crippen LogP contribution is 2.21. The summed E-state index contributed by atoms with van der Waals surface area (Å²) >= 11 is 6.14. The number of rotatable bonds is 4. The van der Waals surface area contributed by atoms with E-state index in [1.54, 1.807) is 32.1 Å². The van der Waals surface area contributed by atoms with Crippen molar-refractivity contribution in [2.24, 2.45) is 7.05 Å². The van der Waals surface area contributed by atoms with Crippen LogP contribution in [-0.2, 0) is 20.1 Å². The molecule has 0 atom stereocenters. The van der Waals surface area contributed by atoms with Crippen LogP contribution >= 0.6 is 11.6 Å². The van der Waals surface area contributed by atoms with Gasteiger partial charge in [0.25, 0.3) is 5.91 Å². The predicted octanol–water partition coefficient (Wildman–Crippen LogP) is 1.87. The second kappa shape index (κ2) is 5.66. The van der Waals surface area contributed by atoms with Crippen LogP contribution in [0.15, 0.2) is 12.4 Å². The number of aromatic nitrogens is 4. The lowest BCUT2D eigenvalue weighted by atomic mass is 10.3. The summed E-state index contributed by atoms with van der Waals surface area (Å²) < 4.78 is 3.35. The maximum atomic E-state index is 12.4. The van der Waals surface area contributed by atoms with Crippen molar-refractivity contribution in [1.82, 2.24) is 24.5 Å². The third-order valence-corrected chi connectivity index (χ3v) is 3.58. The second-order valence-electron chi connectivity index (χ2n) is 4.74. The van der Waals surface area contributed by atoms with Crippen LogP contribution in [0.25, 0.3) is 0 Å². The summed E-state index contributed by atoms with van der Waals surface area (Å²) in [7, 11) is 3.46. The third-order valence-electron chi connectivity index (χ3n) is 3.13. The average Bonchev–Trinajstić information content (AvgIpc) is 2.95. The SMILES string of the molecule is CCn1cc(CN(C)C(=O)c2c(Cl)c(C)nn2C)cn1. The quantitative estimate of drug-likeness (QED) is 0.865. The molecule has 0 bridgehead atoms. The largest absolute Gasteiger partial charge is 0.336 e. The number of amides is 1. The van der Waals surface area contributed by atoms with Crippen LogP contribution in [0.2, 0.25) is 5.02 Å². The molecule has 0 saturated carbocycles. The van der Waals surface area contributed by atoms with Gasteiger partial charge in [0.2, 0.25) is 0 Å². The Kier molecular flexibility index (Phi) is 4.13. The van der Waals surface area contributed by atoms with E-state index in [9.17, 15) is 4.79 Å². The van der Waals surface area contributed by atoms with Gasteiger partial charge in [0.05, 0.1) is 16.9 Å². The van der Waals surface area contributed by atoms with Gasteiger partial charge in [0.1, 0.15) is 5.69 Å². The molecule has 108 valence electrons. The summed E-state index contributed by atoms with van der Waals surface area (Å²) in [5, 5.41) is 8.76. The van der Waals surface area contributed by atoms with Crippen molar-refractivity contribution in [2.75, 3.05) is 7.05 Å². The molecular weight excluding hydrogens is 278 g/mol. The molecule has 0 spiro atoms. The minimum atomic E-state index is -0.151. The van der Waals surface area contributed by atoms with Gasteiger partial charge >= 0.3 is 0 Å². The molecule has 2 aromatic rings. The topological polar surface area (TPSA) is 56.0 Å². The first kappa shape index (κ1) is 14.6. The van der Waals surface area contributed by atoms with Gasteiger partial charge < -0.3 is 4.90 Å². The molecule has 2 aromatic heterocycles. The van der Waals surface area contributed by atoms with Gasteiger partial charge in [0.15, 0.2) is 0 Å². The summed E-state index contributed by atoms with van der Waals surface area (Å²) in [6.07, 6.45) is 3.70. The van der Waals surface area contributed by atoms with E-state index in [1.807, 2.05) is 17.8 Å². The number of hydrogen-bond acceptors (Lipinski definition) is 3. The number of carbonyl (C=O) groups is 1. The lowest BCUT2D eigenvalue weighted by Crippen LogP contribution is -2.28. The molecule has 0 aromatic carbocycles. The van der Waals surface area contributed by atoms with Crippen LogP contribution in [-0.4, -0.2) is 37.4 Å². The first-order valence-electron chi connectivity index (χ1n) is 6.40. The van der Waals surface area contributed by atoms with Gasteiger partial charge in [-0.25, -0.2) is 0 Å². The van der Waals surface area contributed by atoms with Gasteiger partial charge in [-0.15, -0.1) is 0 Å². The molecule has 20 heavy (non-hydrogen) atoms. The monoisotopic (exact) mass is 295 g/mol. The molecule has 0 radical (unpaired) electrons. The van der Waals surface area contributed by atoms with Gasteiger partial charge in [-0.2, -0.15) is 10.2 Å². The highest BCUT2D eigenvalue weighted by molar-refractivity contribution is 6.34. The predicted molar refractivity (Wildman–Crippen MR) is 76.7 cm³/mol. The zero-order chi connectivity index (χ0) is 14.9. The van der Waals surface area contributed by atoms with Gasteiger partial charge in [-0.3, -0.25) is 14.2 Å². The summed E-state index contributed by atoms with van der Waals surface area (Å²) in [6.45, 7) is 5.10. The van der Waals surface area contributed by atoms with Crippen LogP contribution in [0, 0.1) is 6.92 Å². The minimum Gasteiger partial charge on any atom is -0.336 e. The Morgan fingerprint density at radius 2 is 2.20 bits per heavy atom. The molecule has 1 amide bonds. The normalized spacial score (nSPS) is 10.8. The van der Waals surface area contributed by atoms with Crippen LogP contribution < -0.4 is 0 Å². The van der Waals surface area contributed by atoms with E-state index in [-0.39, 0.29) is 5.91 Å². The Morgan fingerprint density at radius 1 is 1.50 bits per heavy atom. The zero-order valence-electron chi connectivity index (χ0n) is 12.1. The third kappa shape index (κ3) is 2.70. The number of halogens is 1. The molecule has 0 aliphatic rings. The fourth-order valence-corrected chi connectivity index (χ4v) is 2.29. The number of hydrogen-bond donors (Lipinski definition) is 0. The van der Waals surface area contributed by atoms with Crippen molar-refractivity contribution in [2.45, 2.75) is 26.9 Å². The first-order valence-corrected chi connectivity index (χ1v) is 6.77. The lowest BCUT2D eigenvalue weighted by molar-refractivity contribution is 0.0774. The number of nitrogens with zero attached hydrogens (tertiary/aromatic N) is 5. The molecule has 7 heteroatoms. The Balaban J connectivity index is 2.16. The van der Waals surface area contributed by atoms with Gasteiger partial charge in [-0.1, -0.05) is 11.6 Å². The maximum absolute atomic E-state index is 12.4. The van der Waals surface area contributed by atoms with Crippen molar-refractivity contribution in [1.29, 1.82) is 0 Å². The highest BCUT2D eigenvalue weighted by Gasteiger charge is 2.22. The Labute approximate surface area is 122 Å². The summed E-state index contributed by atoms with van der Waals surface area (Å²) in [4.78, 5) is 14.0. The van der Waals surface area contributed by atoms with Crippen molar-refractivity contribution >= 4 is 17.5 Å². The molecule has 2 heterocycles. The standard InChI is InChI=1S/C13H18ClN5O/c1-5-19-8-10(6-15-19)7-17(3)13(20)12-11(14)9(2)16-18(12)4/h6,8H,5,7H2,1-4H3. The smallest absolute Gasteiger partial charge is 0.273 e. The molecule has 0 aliphatic heterocycles. The average molecular weight is 296 g/mol. The van der Waals surface area contributed by atoms with E-state index < -0.39 is 0 Å². The van der Waals surface area contributed by atoms with Crippen molar-refractivity contribution < 1.29 is 4.79 Å². The van der Waals surface area contributed by atoms with E-state index >= 15 is 0 Å². The molecule has 2 rings (SSSR count). The zero-order valence-corrected chi connectivity index (χ0v) is 12.8. The Morgan fingerprint density at radius 3 is 2.70 bits per heavy atom. The van der Waals surface area contributed by atoms with Crippen LogP contribution in [0.1, 0.15) is 28.7 Å². The molecular formula is C13H18ClN5O. The van der Waals surface area contributed by atoms with Gasteiger partial charge in [-0.05, 0) is 13.8 Å². The van der Waals surface area contributed by atoms with Crippen LogP contribution in [0.5, 0.6) is 0 Å².